The van der Waals surface area contributed by atoms with Gasteiger partial charge < -0.3 is 4.90 Å². The van der Waals surface area contributed by atoms with Crippen molar-refractivity contribution in [1.82, 2.24) is 9.80 Å². The van der Waals surface area contributed by atoms with Gasteiger partial charge in [-0.15, -0.1) is 12.4 Å². The zero-order valence-electron chi connectivity index (χ0n) is 16.2. The maximum Gasteiger partial charge on any atom is 0.222 e. The third-order valence-electron chi connectivity index (χ3n) is 5.40. The van der Waals surface area contributed by atoms with Gasteiger partial charge >= 0.3 is 0 Å². The smallest absolute Gasteiger partial charge is 0.222 e. The van der Waals surface area contributed by atoms with E-state index in [1.54, 1.807) is 0 Å². The molecule has 152 valence electrons. The summed E-state index contributed by atoms with van der Waals surface area (Å²) in [6, 6.07) is 10.7. The number of rotatable bonds is 9. The van der Waals surface area contributed by atoms with E-state index in [2.05, 4.69) is 50.9 Å². The third-order valence-corrected chi connectivity index (χ3v) is 8.41. The van der Waals surface area contributed by atoms with Gasteiger partial charge in [0, 0.05) is 43.6 Å². The van der Waals surface area contributed by atoms with E-state index in [1.165, 1.54) is 37.0 Å². The standard InChI is InChI=1S/C21H32N2OS2.ClH/c24-21(11-5-4-10-20-12-18-25-26-20)23-16-14-22(15-17-23)13-6-9-19-7-2-1-3-8-19;/h1-3,7-8,20H,4-6,9-18H2;1H. The molecule has 0 aliphatic carbocycles. The molecular formula is C21H33ClN2OS2. The first-order chi connectivity index (χ1) is 12.8. The van der Waals surface area contributed by atoms with Crippen LogP contribution in [0.1, 0.15) is 44.1 Å². The van der Waals surface area contributed by atoms with E-state index in [0.29, 0.717) is 5.91 Å². The normalized spacial score (nSPS) is 20.4. The van der Waals surface area contributed by atoms with Crippen LogP contribution in [0, 0.1) is 0 Å². The summed E-state index contributed by atoms with van der Waals surface area (Å²) in [5.74, 6) is 1.69. The van der Waals surface area contributed by atoms with E-state index in [4.69, 9.17) is 0 Å². The van der Waals surface area contributed by atoms with Gasteiger partial charge in [0.05, 0.1) is 0 Å². The molecule has 0 radical (unpaired) electrons. The molecule has 1 unspecified atom stereocenters. The van der Waals surface area contributed by atoms with Gasteiger partial charge in [-0.05, 0) is 44.2 Å². The van der Waals surface area contributed by atoms with E-state index >= 15 is 0 Å². The van der Waals surface area contributed by atoms with E-state index in [-0.39, 0.29) is 12.4 Å². The molecule has 0 bridgehead atoms. The average molecular weight is 429 g/mol. The Morgan fingerprint density at radius 1 is 1.04 bits per heavy atom. The Balaban J connectivity index is 0.00000261. The first-order valence-corrected chi connectivity index (χ1v) is 12.5. The first kappa shape index (κ1) is 22.9. The molecule has 1 aromatic carbocycles. The van der Waals surface area contributed by atoms with Crippen LogP contribution in [-0.4, -0.2) is 59.4 Å². The number of piperazine rings is 1. The lowest BCUT2D eigenvalue weighted by Gasteiger charge is -2.34. The fourth-order valence-corrected chi connectivity index (χ4v) is 6.77. The van der Waals surface area contributed by atoms with Gasteiger partial charge in [0.15, 0.2) is 0 Å². The molecule has 3 nitrogen and oxygen atoms in total. The van der Waals surface area contributed by atoms with Crippen LogP contribution in [-0.2, 0) is 11.2 Å². The Hall–Kier alpha value is -0.360. The van der Waals surface area contributed by atoms with Crippen LogP contribution in [0.5, 0.6) is 0 Å². The van der Waals surface area contributed by atoms with Crippen LogP contribution in [0.15, 0.2) is 30.3 Å². The van der Waals surface area contributed by atoms with Gasteiger partial charge in [-0.1, -0.05) is 58.3 Å². The lowest BCUT2D eigenvalue weighted by Crippen LogP contribution is -2.48. The molecule has 1 amide bonds. The molecular weight excluding hydrogens is 396 g/mol. The minimum atomic E-state index is 0. The third kappa shape index (κ3) is 8.26. The Kier molecular flexibility index (Phi) is 11.0. The van der Waals surface area contributed by atoms with E-state index in [1.807, 2.05) is 10.8 Å². The van der Waals surface area contributed by atoms with Crippen molar-refractivity contribution < 1.29 is 4.79 Å². The summed E-state index contributed by atoms with van der Waals surface area (Å²) >= 11 is 0. The Morgan fingerprint density at radius 3 is 2.52 bits per heavy atom. The fourth-order valence-electron chi connectivity index (χ4n) is 3.74. The summed E-state index contributed by atoms with van der Waals surface area (Å²) in [6.07, 6.45) is 8.03. The first-order valence-electron chi connectivity index (χ1n) is 10.1. The topological polar surface area (TPSA) is 23.6 Å². The van der Waals surface area contributed by atoms with Crippen molar-refractivity contribution in [2.24, 2.45) is 0 Å². The van der Waals surface area contributed by atoms with Crippen molar-refractivity contribution in [1.29, 1.82) is 0 Å². The SMILES string of the molecule is Cl.O=C(CCCCC1CCSS1)N1CCN(CCCc2ccccc2)CC1. The van der Waals surface area contributed by atoms with Gasteiger partial charge in [0.2, 0.25) is 5.91 Å². The van der Waals surface area contributed by atoms with Gasteiger partial charge in [0.1, 0.15) is 0 Å². The summed E-state index contributed by atoms with van der Waals surface area (Å²) in [4.78, 5) is 17.0. The van der Waals surface area contributed by atoms with Crippen molar-refractivity contribution in [3.8, 4) is 0 Å². The van der Waals surface area contributed by atoms with Gasteiger partial charge in [-0.25, -0.2) is 0 Å². The molecule has 27 heavy (non-hydrogen) atoms. The molecule has 0 saturated carbocycles. The number of hydrogen-bond donors (Lipinski definition) is 0. The van der Waals surface area contributed by atoms with Crippen molar-refractivity contribution in [3.05, 3.63) is 35.9 Å². The molecule has 2 fully saturated rings. The van der Waals surface area contributed by atoms with Crippen molar-refractivity contribution in [3.63, 3.8) is 0 Å². The number of benzene rings is 1. The molecule has 0 N–H and O–H groups in total. The minimum Gasteiger partial charge on any atom is -0.340 e. The number of aryl methyl sites for hydroxylation is 1. The maximum absolute atomic E-state index is 12.4. The zero-order valence-corrected chi connectivity index (χ0v) is 18.6. The van der Waals surface area contributed by atoms with Gasteiger partial charge in [-0.2, -0.15) is 0 Å². The predicted octanol–water partition coefficient (Wildman–Crippen LogP) is 4.90. The van der Waals surface area contributed by atoms with Crippen molar-refractivity contribution in [2.45, 2.75) is 50.2 Å². The maximum atomic E-state index is 12.4. The molecule has 2 heterocycles. The number of unbranched alkanes of at least 4 members (excludes halogenated alkanes) is 1. The Labute approximate surface area is 178 Å². The monoisotopic (exact) mass is 428 g/mol. The molecule has 0 aromatic heterocycles. The summed E-state index contributed by atoms with van der Waals surface area (Å²) in [5.41, 5.74) is 1.43. The molecule has 2 saturated heterocycles. The molecule has 2 aliphatic rings. The Bertz CT molecular complexity index is 532. The quantitative estimate of drug-likeness (QED) is 0.412. The van der Waals surface area contributed by atoms with Crippen LogP contribution in [0.25, 0.3) is 0 Å². The molecule has 1 atom stereocenters. The lowest BCUT2D eigenvalue weighted by atomic mass is 10.1. The molecule has 0 spiro atoms. The lowest BCUT2D eigenvalue weighted by molar-refractivity contribution is -0.133. The van der Waals surface area contributed by atoms with Crippen LogP contribution < -0.4 is 0 Å². The zero-order chi connectivity index (χ0) is 18.0. The van der Waals surface area contributed by atoms with Crippen LogP contribution in [0.2, 0.25) is 0 Å². The van der Waals surface area contributed by atoms with Crippen LogP contribution in [0.3, 0.4) is 0 Å². The number of amides is 1. The summed E-state index contributed by atoms with van der Waals surface area (Å²) in [5, 5.41) is 0.842. The number of halogens is 1. The van der Waals surface area contributed by atoms with E-state index in [0.717, 1.165) is 57.2 Å². The van der Waals surface area contributed by atoms with E-state index in [9.17, 15) is 4.79 Å². The largest absolute Gasteiger partial charge is 0.340 e. The highest BCUT2D eigenvalue weighted by Crippen LogP contribution is 2.39. The number of nitrogens with zero attached hydrogens (tertiary/aromatic N) is 2. The van der Waals surface area contributed by atoms with Gasteiger partial charge in [-0.3, -0.25) is 9.69 Å². The number of carbonyl (C=O) groups excluding carboxylic acids is 1. The van der Waals surface area contributed by atoms with Crippen LogP contribution in [0.4, 0.5) is 0 Å². The molecule has 3 rings (SSSR count). The summed E-state index contributed by atoms with van der Waals surface area (Å²) < 4.78 is 0. The predicted molar refractivity (Wildman–Crippen MR) is 122 cm³/mol. The molecule has 1 aromatic rings. The highest BCUT2D eigenvalue weighted by Gasteiger charge is 2.21. The highest BCUT2D eigenvalue weighted by atomic mass is 35.5. The van der Waals surface area contributed by atoms with Crippen molar-refractivity contribution in [2.75, 3.05) is 38.5 Å². The average Bonchev–Trinajstić information content (AvgIpc) is 3.20. The summed E-state index contributed by atoms with van der Waals surface area (Å²) in [6.45, 7) is 5.06. The summed E-state index contributed by atoms with van der Waals surface area (Å²) in [7, 11) is 4.06. The second-order valence-corrected chi connectivity index (χ2v) is 10.2. The number of hydrogen-bond acceptors (Lipinski definition) is 4. The second-order valence-electron chi connectivity index (χ2n) is 7.39. The van der Waals surface area contributed by atoms with Gasteiger partial charge in [0.25, 0.3) is 0 Å². The highest BCUT2D eigenvalue weighted by molar-refractivity contribution is 8.77. The Morgan fingerprint density at radius 2 is 1.81 bits per heavy atom. The molecule has 6 heteroatoms. The second kappa shape index (κ2) is 13.0. The van der Waals surface area contributed by atoms with E-state index < -0.39 is 0 Å². The van der Waals surface area contributed by atoms with Crippen molar-refractivity contribution >= 4 is 39.9 Å². The molecule has 2 aliphatic heterocycles. The minimum absolute atomic E-state index is 0. The van der Waals surface area contributed by atoms with Crippen LogP contribution >= 0.6 is 34.0 Å². The fraction of sp³-hybridized carbons (Fsp3) is 0.667. The number of carbonyl (C=O) groups is 1.